The smallest absolute Gasteiger partial charge is 0.255 e. The summed E-state index contributed by atoms with van der Waals surface area (Å²) in [5.41, 5.74) is 8.14. The molecule has 2 aromatic rings. The molecule has 4 unspecified atom stereocenters. The molecule has 0 radical (unpaired) electrons. The Morgan fingerprint density at radius 3 is 2.10 bits per heavy atom. The van der Waals surface area contributed by atoms with E-state index in [0.717, 1.165) is 25.0 Å². The van der Waals surface area contributed by atoms with E-state index in [-0.39, 0.29) is 36.2 Å². The zero-order chi connectivity index (χ0) is 19.7. The van der Waals surface area contributed by atoms with E-state index >= 15 is 0 Å². The number of carbonyl (C=O) groups excluding carboxylic acids is 2. The van der Waals surface area contributed by atoms with Crippen LogP contribution in [0.1, 0.15) is 29.6 Å². The molecule has 2 fully saturated rings. The molecule has 4 rings (SSSR count). The average molecular weight is 416 g/mol. The van der Waals surface area contributed by atoms with Crippen LogP contribution in [0.15, 0.2) is 48.5 Å². The summed E-state index contributed by atoms with van der Waals surface area (Å²) >= 11 is 0. The van der Waals surface area contributed by atoms with Gasteiger partial charge in [0.05, 0.1) is 13.0 Å². The van der Waals surface area contributed by atoms with Crippen molar-refractivity contribution in [3.63, 3.8) is 0 Å². The molecular formula is C22H26ClN3O3. The molecule has 154 valence electrons. The number of rotatable bonds is 5. The molecule has 4 atom stereocenters. The third-order valence-corrected chi connectivity index (χ3v) is 6.05. The average Bonchev–Trinajstić information content (AvgIpc) is 3.30. The van der Waals surface area contributed by atoms with Gasteiger partial charge in [-0.25, -0.2) is 0 Å². The number of hydrogen-bond acceptors (Lipinski definition) is 4. The molecule has 0 aliphatic heterocycles. The molecule has 2 bridgehead atoms. The Labute approximate surface area is 176 Å². The molecule has 2 aliphatic rings. The van der Waals surface area contributed by atoms with Crippen LogP contribution in [0.25, 0.3) is 0 Å². The summed E-state index contributed by atoms with van der Waals surface area (Å²) in [7, 11) is 1.60. The van der Waals surface area contributed by atoms with Gasteiger partial charge in [-0.05, 0) is 79.6 Å². The van der Waals surface area contributed by atoms with E-state index in [4.69, 9.17) is 10.5 Å². The second kappa shape index (κ2) is 8.84. The summed E-state index contributed by atoms with van der Waals surface area (Å²) in [6.45, 7) is 0. The summed E-state index contributed by atoms with van der Waals surface area (Å²) in [5.74, 6) is 1.32. The Bertz CT molecular complexity index is 868. The number of ether oxygens (including phenoxy) is 1. The van der Waals surface area contributed by atoms with E-state index in [1.54, 1.807) is 55.6 Å². The van der Waals surface area contributed by atoms with Crippen molar-refractivity contribution in [3.05, 3.63) is 54.1 Å². The number of methoxy groups -OCH3 is 1. The van der Waals surface area contributed by atoms with Crippen molar-refractivity contribution in [1.82, 2.24) is 0 Å². The SMILES string of the molecule is COc1ccc(NC(=O)c2ccc(NC(=O)C3C4CCC(C4)C3N)cc2)cc1.Cl. The maximum atomic E-state index is 12.6. The Morgan fingerprint density at radius 1 is 0.931 bits per heavy atom. The monoisotopic (exact) mass is 415 g/mol. The minimum absolute atomic E-state index is 0. The van der Waals surface area contributed by atoms with E-state index in [1.807, 2.05) is 0 Å². The minimum Gasteiger partial charge on any atom is -0.497 e. The summed E-state index contributed by atoms with van der Waals surface area (Å²) in [4.78, 5) is 25.0. The summed E-state index contributed by atoms with van der Waals surface area (Å²) in [6, 6.07) is 14.0. The summed E-state index contributed by atoms with van der Waals surface area (Å²) in [5, 5.41) is 5.80. The topological polar surface area (TPSA) is 93.5 Å². The molecule has 2 aromatic carbocycles. The van der Waals surface area contributed by atoms with Crippen molar-refractivity contribution in [3.8, 4) is 5.75 Å². The Morgan fingerprint density at radius 2 is 1.52 bits per heavy atom. The van der Waals surface area contributed by atoms with Crippen LogP contribution in [0.3, 0.4) is 0 Å². The van der Waals surface area contributed by atoms with Gasteiger partial charge in [0.2, 0.25) is 5.91 Å². The van der Waals surface area contributed by atoms with Crippen molar-refractivity contribution in [2.45, 2.75) is 25.3 Å². The van der Waals surface area contributed by atoms with Crippen molar-refractivity contribution < 1.29 is 14.3 Å². The fourth-order valence-corrected chi connectivity index (χ4v) is 4.53. The van der Waals surface area contributed by atoms with Crippen molar-refractivity contribution in [1.29, 1.82) is 0 Å². The lowest BCUT2D eigenvalue weighted by molar-refractivity contribution is -0.121. The van der Waals surface area contributed by atoms with E-state index in [1.165, 1.54) is 0 Å². The van der Waals surface area contributed by atoms with Gasteiger partial charge in [0.1, 0.15) is 5.75 Å². The first kappa shape index (κ1) is 21.1. The number of benzene rings is 2. The van der Waals surface area contributed by atoms with Crippen LogP contribution in [-0.2, 0) is 4.79 Å². The molecule has 2 aliphatic carbocycles. The van der Waals surface area contributed by atoms with Gasteiger partial charge in [-0.15, -0.1) is 12.4 Å². The predicted molar refractivity (Wildman–Crippen MR) is 116 cm³/mol. The van der Waals surface area contributed by atoms with E-state index in [2.05, 4.69) is 10.6 Å². The quantitative estimate of drug-likeness (QED) is 0.694. The van der Waals surface area contributed by atoms with Gasteiger partial charge in [-0.3, -0.25) is 9.59 Å². The lowest BCUT2D eigenvalue weighted by Crippen LogP contribution is -2.42. The first-order valence-corrected chi connectivity index (χ1v) is 9.67. The molecule has 0 spiro atoms. The number of carbonyl (C=O) groups is 2. The standard InChI is InChI=1S/C22H25N3O3.ClH/c1-28-18-10-8-17(9-11-18)24-21(26)13-4-6-16(7-5-13)25-22(27)19-14-2-3-15(12-14)20(19)23;/h4-11,14-15,19-20H,2-3,12,23H2,1H3,(H,24,26)(H,25,27);1H. The summed E-state index contributed by atoms with van der Waals surface area (Å²) < 4.78 is 5.11. The zero-order valence-corrected chi connectivity index (χ0v) is 17.1. The summed E-state index contributed by atoms with van der Waals surface area (Å²) in [6.07, 6.45) is 3.32. The van der Waals surface area contributed by atoms with E-state index < -0.39 is 0 Å². The number of fused-ring (bicyclic) bond motifs is 2. The van der Waals surface area contributed by atoms with Crippen LogP contribution in [0, 0.1) is 17.8 Å². The highest BCUT2D eigenvalue weighted by Gasteiger charge is 2.49. The molecule has 29 heavy (non-hydrogen) atoms. The highest BCUT2D eigenvalue weighted by Crippen LogP contribution is 2.47. The highest BCUT2D eigenvalue weighted by atomic mass is 35.5. The Kier molecular flexibility index (Phi) is 6.45. The van der Waals surface area contributed by atoms with Gasteiger partial charge in [0.25, 0.3) is 5.91 Å². The van der Waals surface area contributed by atoms with Gasteiger partial charge in [0.15, 0.2) is 0 Å². The van der Waals surface area contributed by atoms with Gasteiger partial charge >= 0.3 is 0 Å². The van der Waals surface area contributed by atoms with Gasteiger partial charge in [0, 0.05) is 23.0 Å². The highest BCUT2D eigenvalue weighted by molar-refractivity contribution is 6.04. The lowest BCUT2D eigenvalue weighted by Gasteiger charge is -2.27. The fraction of sp³-hybridized carbons (Fsp3) is 0.364. The second-order valence-electron chi connectivity index (χ2n) is 7.69. The van der Waals surface area contributed by atoms with Gasteiger partial charge < -0.3 is 21.1 Å². The van der Waals surface area contributed by atoms with Gasteiger partial charge in [-0.1, -0.05) is 0 Å². The van der Waals surface area contributed by atoms with Crippen LogP contribution < -0.4 is 21.1 Å². The largest absolute Gasteiger partial charge is 0.497 e. The van der Waals surface area contributed by atoms with Crippen molar-refractivity contribution >= 4 is 35.6 Å². The third kappa shape index (κ3) is 4.38. The first-order valence-electron chi connectivity index (χ1n) is 9.67. The number of hydrogen-bond donors (Lipinski definition) is 3. The molecule has 2 amide bonds. The molecular weight excluding hydrogens is 390 g/mol. The maximum Gasteiger partial charge on any atom is 0.255 e. The number of halogens is 1. The molecule has 0 saturated heterocycles. The van der Waals surface area contributed by atoms with Crippen LogP contribution in [-0.4, -0.2) is 25.0 Å². The lowest BCUT2D eigenvalue weighted by atomic mass is 9.84. The van der Waals surface area contributed by atoms with Gasteiger partial charge in [-0.2, -0.15) is 0 Å². The molecule has 7 heteroatoms. The third-order valence-electron chi connectivity index (χ3n) is 6.05. The Balaban J connectivity index is 0.00000240. The number of nitrogens with two attached hydrogens (primary N) is 1. The second-order valence-corrected chi connectivity index (χ2v) is 7.69. The van der Waals surface area contributed by atoms with E-state index in [9.17, 15) is 9.59 Å². The fourth-order valence-electron chi connectivity index (χ4n) is 4.53. The number of nitrogens with one attached hydrogen (secondary N) is 2. The maximum absolute atomic E-state index is 12.6. The molecule has 0 heterocycles. The van der Waals surface area contributed by atoms with Crippen molar-refractivity contribution in [2.24, 2.45) is 23.5 Å². The van der Waals surface area contributed by atoms with Crippen LogP contribution in [0.5, 0.6) is 5.75 Å². The number of amides is 2. The normalized spacial score (nSPS) is 24.5. The minimum atomic E-state index is -0.210. The predicted octanol–water partition coefficient (Wildman–Crippen LogP) is 3.68. The van der Waals surface area contributed by atoms with Crippen LogP contribution >= 0.6 is 12.4 Å². The zero-order valence-electron chi connectivity index (χ0n) is 16.3. The molecule has 6 nitrogen and oxygen atoms in total. The van der Waals surface area contributed by atoms with E-state index in [0.29, 0.717) is 28.8 Å². The van der Waals surface area contributed by atoms with Crippen LogP contribution in [0.2, 0.25) is 0 Å². The molecule has 0 aromatic heterocycles. The Hall–Kier alpha value is -2.57. The first-order chi connectivity index (χ1) is 13.5. The van der Waals surface area contributed by atoms with Crippen molar-refractivity contribution in [2.75, 3.05) is 17.7 Å². The number of anilines is 2. The van der Waals surface area contributed by atoms with Crippen LogP contribution in [0.4, 0.5) is 11.4 Å². The molecule has 4 N–H and O–H groups in total. The molecule has 2 saturated carbocycles.